The van der Waals surface area contributed by atoms with Gasteiger partial charge in [0.25, 0.3) is 11.8 Å². The van der Waals surface area contributed by atoms with Crippen LogP contribution in [-0.2, 0) is 15.5 Å². The fourth-order valence-electron chi connectivity index (χ4n) is 4.26. The molecule has 10 heteroatoms. The summed E-state index contributed by atoms with van der Waals surface area (Å²) in [7, 11) is 2.79. The number of methoxy groups -OCH3 is 1. The van der Waals surface area contributed by atoms with Crippen LogP contribution in [0.4, 0.5) is 24.7 Å². The molecule has 0 bridgehead atoms. The van der Waals surface area contributed by atoms with E-state index >= 15 is 4.39 Å². The van der Waals surface area contributed by atoms with Crippen LogP contribution < -0.4 is 15.0 Å². The molecule has 2 heterocycles. The maximum Gasteiger partial charge on any atom is 0.298 e. The SMILES string of the molecule is COCC(F)(F)c1cccc([C@@H](C)Nc2nc(C)nc3cc4c(cc23)N(C)C(=O)C(C)(C)O4)c1F. The van der Waals surface area contributed by atoms with Crippen LogP contribution >= 0.6 is 0 Å². The van der Waals surface area contributed by atoms with Gasteiger partial charge < -0.3 is 19.7 Å². The minimum atomic E-state index is -3.48. The topological polar surface area (TPSA) is 76.6 Å². The van der Waals surface area contributed by atoms with Gasteiger partial charge in [-0.25, -0.2) is 14.4 Å². The van der Waals surface area contributed by atoms with Crippen LogP contribution in [0.5, 0.6) is 5.75 Å². The number of carbonyl (C=O) groups is 1. The second kappa shape index (κ2) is 8.67. The predicted molar refractivity (Wildman–Crippen MR) is 127 cm³/mol. The Morgan fingerprint density at radius 3 is 2.66 bits per heavy atom. The molecule has 0 aliphatic carbocycles. The number of nitrogens with one attached hydrogen (secondary N) is 1. The highest BCUT2D eigenvalue weighted by molar-refractivity contribution is 6.05. The Morgan fingerprint density at radius 1 is 1.26 bits per heavy atom. The van der Waals surface area contributed by atoms with Crippen LogP contribution in [0.15, 0.2) is 30.3 Å². The van der Waals surface area contributed by atoms with Gasteiger partial charge in [0.1, 0.15) is 29.8 Å². The summed E-state index contributed by atoms with van der Waals surface area (Å²) in [6.45, 7) is 5.82. The zero-order chi connectivity index (χ0) is 25.7. The van der Waals surface area contributed by atoms with Gasteiger partial charge in [-0.1, -0.05) is 12.1 Å². The smallest absolute Gasteiger partial charge is 0.298 e. The highest BCUT2D eigenvalue weighted by atomic mass is 19.3. The monoisotopic (exact) mass is 488 g/mol. The molecule has 1 N–H and O–H groups in total. The van der Waals surface area contributed by atoms with Gasteiger partial charge in [0.05, 0.1) is 22.8 Å². The van der Waals surface area contributed by atoms with Crippen molar-refractivity contribution < 1.29 is 27.4 Å². The lowest BCUT2D eigenvalue weighted by Gasteiger charge is -2.37. The molecule has 0 radical (unpaired) electrons. The molecule has 0 spiro atoms. The molecule has 1 aliphatic heterocycles. The van der Waals surface area contributed by atoms with Gasteiger partial charge in [0.15, 0.2) is 5.60 Å². The molecule has 0 fully saturated rings. The lowest BCUT2D eigenvalue weighted by atomic mass is 10.00. The second-order valence-electron chi connectivity index (χ2n) is 9.15. The molecule has 35 heavy (non-hydrogen) atoms. The van der Waals surface area contributed by atoms with Crippen molar-refractivity contribution in [1.29, 1.82) is 0 Å². The van der Waals surface area contributed by atoms with E-state index in [1.54, 1.807) is 46.9 Å². The van der Waals surface area contributed by atoms with Gasteiger partial charge in [-0.2, -0.15) is 8.78 Å². The standard InChI is InChI=1S/C25H27F3N4O3/c1-13(15-8-7-9-17(21(15)26)25(27,28)12-34-6)29-22-16-10-19-20(11-18(16)30-14(2)31-22)35-24(3,4)23(33)32(19)5/h7-11,13H,12H2,1-6H3,(H,29,30,31)/t13-/m1/s1. The number of aryl methyl sites for hydroxylation is 1. The van der Waals surface area contributed by atoms with Crippen molar-refractivity contribution in [3.8, 4) is 5.75 Å². The van der Waals surface area contributed by atoms with E-state index in [0.29, 0.717) is 34.0 Å². The first-order valence-corrected chi connectivity index (χ1v) is 11.1. The van der Waals surface area contributed by atoms with Crippen LogP contribution in [0.25, 0.3) is 10.9 Å². The maximum absolute atomic E-state index is 15.2. The zero-order valence-corrected chi connectivity index (χ0v) is 20.4. The summed E-state index contributed by atoms with van der Waals surface area (Å²) in [5, 5.41) is 3.71. The van der Waals surface area contributed by atoms with Crippen LogP contribution in [0, 0.1) is 12.7 Å². The van der Waals surface area contributed by atoms with E-state index in [4.69, 9.17) is 4.74 Å². The first kappa shape index (κ1) is 24.7. The summed E-state index contributed by atoms with van der Waals surface area (Å²) in [5.41, 5.74) is -0.607. The molecule has 2 aromatic carbocycles. The van der Waals surface area contributed by atoms with Gasteiger partial charge in [-0.15, -0.1) is 0 Å². The molecule has 7 nitrogen and oxygen atoms in total. The summed E-state index contributed by atoms with van der Waals surface area (Å²) in [6.07, 6.45) is 0. The van der Waals surface area contributed by atoms with E-state index in [2.05, 4.69) is 20.0 Å². The largest absolute Gasteiger partial charge is 0.476 e. The summed E-state index contributed by atoms with van der Waals surface area (Å²) in [4.78, 5) is 23.1. The van der Waals surface area contributed by atoms with Crippen LogP contribution in [0.2, 0.25) is 0 Å². The maximum atomic E-state index is 15.2. The Labute approximate surface area is 201 Å². The van der Waals surface area contributed by atoms with E-state index in [-0.39, 0.29) is 11.5 Å². The minimum absolute atomic E-state index is 0.0537. The summed E-state index contributed by atoms with van der Waals surface area (Å²) >= 11 is 0. The van der Waals surface area contributed by atoms with Gasteiger partial charge in [0.2, 0.25) is 0 Å². The molecule has 1 atom stereocenters. The number of halogens is 3. The number of ether oxygens (including phenoxy) is 2. The average molecular weight is 489 g/mol. The quantitative estimate of drug-likeness (QED) is 0.519. The molecule has 0 unspecified atom stereocenters. The number of carbonyl (C=O) groups excluding carboxylic acids is 1. The third-order valence-corrected chi connectivity index (χ3v) is 6.00. The number of likely N-dealkylation sites (N-methyl/N-ethyl adjacent to an activating group) is 1. The molecule has 0 saturated carbocycles. The molecule has 4 rings (SSSR count). The summed E-state index contributed by atoms with van der Waals surface area (Å²) in [6, 6.07) is 6.62. The molecule has 1 aromatic heterocycles. The third kappa shape index (κ3) is 4.38. The Morgan fingerprint density at radius 2 is 1.97 bits per heavy atom. The molecular formula is C25H27F3N4O3. The van der Waals surface area contributed by atoms with E-state index < -0.39 is 35.6 Å². The van der Waals surface area contributed by atoms with E-state index in [1.165, 1.54) is 17.0 Å². The summed E-state index contributed by atoms with van der Waals surface area (Å²) in [5.74, 6) is -3.37. The Kier molecular flexibility index (Phi) is 6.12. The van der Waals surface area contributed by atoms with E-state index in [1.807, 2.05) is 0 Å². The Balaban J connectivity index is 1.76. The first-order chi connectivity index (χ1) is 16.4. The van der Waals surface area contributed by atoms with E-state index in [0.717, 1.165) is 13.2 Å². The average Bonchev–Trinajstić information content (AvgIpc) is 2.76. The second-order valence-corrected chi connectivity index (χ2v) is 9.15. The summed E-state index contributed by atoms with van der Waals surface area (Å²) < 4.78 is 54.4. The molecule has 1 aliphatic rings. The number of anilines is 2. The molecule has 186 valence electrons. The van der Waals surface area contributed by atoms with Gasteiger partial charge in [-0.3, -0.25) is 4.79 Å². The van der Waals surface area contributed by atoms with Crippen LogP contribution in [0.1, 0.15) is 43.8 Å². The number of alkyl halides is 2. The lowest BCUT2D eigenvalue weighted by Crippen LogP contribution is -2.50. The highest BCUT2D eigenvalue weighted by Gasteiger charge is 2.40. The van der Waals surface area contributed by atoms with E-state index in [9.17, 15) is 13.6 Å². The third-order valence-electron chi connectivity index (χ3n) is 6.00. The molecule has 1 amide bonds. The Bertz CT molecular complexity index is 1310. The number of aromatic nitrogens is 2. The minimum Gasteiger partial charge on any atom is -0.476 e. The molecular weight excluding hydrogens is 461 g/mol. The fourth-order valence-corrected chi connectivity index (χ4v) is 4.26. The van der Waals surface area contributed by atoms with Gasteiger partial charge in [0, 0.05) is 31.2 Å². The van der Waals surface area contributed by atoms with Crippen molar-refractivity contribution in [3.63, 3.8) is 0 Å². The fraction of sp³-hybridized carbons (Fsp3) is 0.400. The normalized spacial score (nSPS) is 16.1. The number of benzene rings is 2. The van der Waals surface area contributed by atoms with Crippen molar-refractivity contribution in [2.75, 3.05) is 31.0 Å². The number of nitrogens with zero attached hydrogens (tertiary/aromatic N) is 3. The number of hydrogen-bond donors (Lipinski definition) is 1. The lowest BCUT2D eigenvalue weighted by molar-refractivity contribution is -0.132. The van der Waals surface area contributed by atoms with Crippen LogP contribution in [0.3, 0.4) is 0 Å². The molecule has 3 aromatic rings. The van der Waals surface area contributed by atoms with Crippen molar-refractivity contribution in [2.24, 2.45) is 0 Å². The van der Waals surface area contributed by atoms with Gasteiger partial charge in [-0.05, 0) is 39.8 Å². The zero-order valence-electron chi connectivity index (χ0n) is 20.4. The number of hydrogen-bond acceptors (Lipinski definition) is 6. The van der Waals surface area contributed by atoms with Crippen molar-refractivity contribution >= 4 is 28.3 Å². The number of rotatable bonds is 6. The van der Waals surface area contributed by atoms with Crippen molar-refractivity contribution in [2.45, 2.75) is 45.3 Å². The Hall–Kier alpha value is -3.40. The number of amides is 1. The molecule has 0 saturated heterocycles. The van der Waals surface area contributed by atoms with Crippen LogP contribution in [-0.4, -0.2) is 42.2 Å². The first-order valence-electron chi connectivity index (χ1n) is 11.1. The van der Waals surface area contributed by atoms with Gasteiger partial charge >= 0.3 is 0 Å². The number of fused-ring (bicyclic) bond motifs is 2. The predicted octanol–water partition coefficient (Wildman–Crippen LogP) is 5.12. The van der Waals surface area contributed by atoms with Crippen molar-refractivity contribution in [1.82, 2.24) is 9.97 Å². The highest BCUT2D eigenvalue weighted by Crippen LogP contribution is 2.41. The van der Waals surface area contributed by atoms with Crippen molar-refractivity contribution in [3.05, 3.63) is 53.1 Å².